The molecule has 5 heterocycles. The number of aromatic nitrogens is 3. The van der Waals surface area contributed by atoms with Crippen molar-refractivity contribution in [2.75, 3.05) is 18.4 Å². The van der Waals surface area contributed by atoms with Gasteiger partial charge in [0, 0.05) is 43.8 Å². The summed E-state index contributed by atoms with van der Waals surface area (Å²) in [7, 11) is 0. The summed E-state index contributed by atoms with van der Waals surface area (Å²) in [5.74, 6) is -0.364. The van der Waals surface area contributed by atoms with Gasteiger partial charge in [-0.1, -0.05) is 12.1 Å². The van der Waals surface area contributed by atoms with E-state index in [1.807, 2.05) is 16.8 Å². The fraction of sp³-hybridized carbons (Fsp3) is 0.360. The van der Waals surface area contributed by atoms with Crippen molar-refractivity contribution in [2.45, 2.75) is 44.7 Å². The van der Waals surface area contributed by atoms with Gasteiger partial charge in [0.1, 0.15) is 11.5 Å². The zero-order chi connectivity index (χ0) is 23.7. The van der Waals surface area contributed by atoms with Crippen LogP contribution in [0.25, 0.3) is 0 Å². The van der Waals surface area contributed by atoms with E-state index in [4.69, 9.17) is 4.98 Å². The molecular formula is C25H27N5O4. The van der Waals surface area contributed by atoms with Crippen molar-refractivity contribution in [3.63, 3.8) is 0 Å². The lowest BCUT2D eigenvalue weighted by molar-refractivity contribution is -0.138. The number of hydrogen-bond acceptors (Lipinski definition) is 6. The first kappa shape index (κ1) is 21.9. The Balaban J connectivity index is 1.32. The quantitative estimate of drug-likeness (QED) is 0.495. The molecule has 2 aliphatic heterocycles. The summed E-state index contributed by atoms with van der Waals surface area (Å²) in [6.45, 7) is 1.94. The summed E-state index contributed by atoms with van der Waals surface area (Å²) in [5, 5.41) is 22.3. The molecular weight excluding hydrogens is 434 g/mol. The fourth-order valence-corrected chi connectivity index (χ4v) is 4.78. The third-order valence-corrected chi connectivity index (χ3v) is 6.54. The van der Waals surface area contributed by atoms with Gasteiger partial charge in [-0.3, -0.25) is 9.59 Å². The minimum Gasteiger partial charge on any atom is -0.493 e. The summed E-state index contributed by atoms with van der Waals surface area (Å²) >= 11 is 0. The summed E-state index contributed by atoms with van der Waals surface area (Å²) in [5.41, 5.74) is 4.48. The Morgan fingerprint density at radius 2 is 2.06 bits per heavy atom. The highest BCUT2D eigenvalue weighted by Gasteiger charge is 2.33. The third-order valence-electron chi connectivity index (χ3n) is 6.54. The molecule has 1 amide bonds. The van der Waals surface area contributed by atoms with E-state index < -0.39 is 12.0 Å². The largest absolute Gasteiger partial charge is 0.493 e. The van der Waals surface area contributed by atoms with Crippen LogP contribution < -0.4 is 5.32 Å². The van der Waals surface area contributed by atoms with Crippen LogP contribution in [0.15, 0.2) is 42.7 Å². The molecule has 176 valence electrons. The van der Waals surface area contributed by atoms with Crippen molar-refractivity contribution in [1.82, 2.24) is 19.4 Å². The molecule has 3 aromatic heterocycles. The number of carbonyl (C=O) groups is 2. The van der Waals surface area contributed by atoms with E-state index in [1.165, 1.54) is 17.8 Å². The van der Waals surface area contributed by atoms with E-state index in [2.05, 4.69) is 22.4 Å². The molecule has 3 N–H and O–H groups in total. The van der Waals surface area contributed by atoms with Crippen LogP contribution in [0.3, 0.4) is 0 Å². The van der Waals surface area contributed by atoms with Gasteiger partial charge in [0.2, 0.25) is 5.88 Å². The highest BCUT2D eigenvalue weighted by molar-refractivity contribution is 5.94. The number of anilines is 1. The number of carboxylic acids is 1. The lowest BCUT2D eigenvalue weighted by Crippen LogP contribution is -2.43. The predicted octanol–water partition coefficient (Wildman–Crippen LogP) is 2.80. The molecule has 1 atom stereocenters. The van der Waals surface area contributed by atoms with Crippen molar-refractivity contribution in [3.05, 3.63) is 70.8 Å². The molecule has 0 saturated heterocycles. The minimum absolute atomic E-state index is 0.148. The molecule has 9 nitrogen and oxygen atoms in total. The van der Waals surface area contributed by atoms with Gasteiger partial charge in [-0.15, -0.1) is 0 Å². The average Bonchev–Trinajstić information content (AvgIpc) is 3.26. The van der Waals surface area contributed by atoms with E-state index in [9.17, 15) is 19.8 Å². The van der Waals surface area contributed by atoms with E-state index in [1.54, 1.807) is 11.0 Å². The monoisotopic (exact) mass is 461 g/mol. The van der Waals surface area contributed by atoms with E-state index in [0.717, 1.165) is 49.3 Å². The first-order valence-electron chi connectivity index (χ1n) is 11.6. The van der Waals surface area contributed by atoms with Crippen LogP contribution in [0.2, 0.25) is 0 Å². The second kappa shape index (κ2) is 9.17. The van der Waals surface area contributed by atoms with Crippen LogP contribution in [0.5, 0.6) is 5.88 Å². The maximum absolute atomic E-state index is 13.3. The van der Waals surface area contributed by atoms with Crippen molar-refractivity contribution < 1.29 is 19.8 Å². The number of nitrogens with one attached hydrogen (secondary N) is 1. The molecule has 2 aliphatic rings. The smallest absolute Gasteiger partial charge is 0.305 e. The van der Waals surface area contributed by atoms with Gasteiger partial charge in [0.25, 0.3) is 5.91 Å². The number of hydrogen-bond donors (Lipinski definition) is 3. The van der Waals surface area contributed by atoms with Gasteiger partial charge in [0.05, 0.1) is 12.5 Å². The van der Waals surface area contributed by atoms with Crippen molar-refractivity contribution >= 4 is 17.7 Å². The number of amides is 1. The Hall–Kier alpha value is -3.88. The number of aryl methyl sites for hydroxylation is 3. The number of pyridine rings is 2. The topological polar surface area (TPSA) is 121 Å². The Kier molecular flexibility index (Phi) is 5.91. The molecule has 0 aromatic carbocycles. The third kappa shape index (κ3) is 4.46. The second-order valence-corrected chi connectivity index (χ2v) is 8.83. The highest BCUT2D eigenvalue weighted by atomic mass is 16.4. The number of aliphatic carboxylic acids is 1. The molecule has 0 fully saturated rings. The first-order chi connectivity index (χ1) is 16.5. The zero-order valence-corrected chi connectivity index (χ0v) is 18.8. The number of carbonyl (C=O) groups excluding carboxylic acids is 1. The van der Waals surface area contributed by atoms with Gasteiger partial charge < -0.3 is 25.0 Å². The van der Waals surface area contributed by atoms with Gasteiger partial charge in [-0.25, -0.2) is 9.97 Å². The van der Waals surface area contributed by atoms with Crippen LogP contribution in [0.4, 0.5) is 5.82 Å². The fourth-order valence-electron chi connectivity index (χ4n) is 4.78. The lowest BCUT2D eigenvalue weighted by Gasteiger charge is -2.34. The maximum Gasteiger partial charge on any atom is 0.305 e. The number of carboxylic acid groups (broad SMARTS) is 1. The lowest BCUT2D eigenvalue weighted by atomic mass is 10.0. The van der Waals surface area contributed by atoms with Gasteiger partial charge in [0.15, 0.2) is 0 Å². The van der Waals surface area contributed by atoms with E-state index >= 15 is 0 Å². The number of rotatable bonds is 7. The molecule has 0 aliphatic carbocycles. The normalized spacial score (nSPS) is 15.9. The van der Waals surface area contributed by atoms with Crippen LogP contribution in [0, 0.1) is 0 Å². The van der Waals surface area contributed by atoms with Crippen molar-refractivity contribution in [2.24, 2.45) is 0 Å². The van der Waals surface area contributed by atoms with Gasteiger partial charge in [-0.2, -0.15) is 0 Å². The number of fused-ring (bicyclic) bond motifs is 2. The van der Waals surface area contributed by atoms with Gasteiger partial charge >= 0.3 is 5.97 Å². The minimum atomic E-state index is -1.00. The Morgan fingerprint density at radius 3 is 2.85 bits per heavy atom. The first-order valence-corrected chi connectivity index (χ1v) is 11.6. The highest BCUT2D eigenvalue weighted by Crippen LogP contribution is 2.30. The Morgan fingerprint density at radius 1 is 1.18 bits per heavy atom. The molecule has 0 radical (unpaired) electrons. The SMILES string of the molecule is O=C(O)C[C@@H](c1ccc(O)nc1)N1CCn2cc(CCc3ccc4c(n3)NCCC4)cc2C1=O. The standard InChI is InChI=1S/C25H27N5O4/c31-22-8-5-18(14-27-22)20(13-23(32)33)30-11-10-29-15-16(12-21(29)25(30)34)3-6-19-7-4-17-2-1-9-26-24(17)28-19/h4-5,7-8,12,14-15,20H,1-3,6,9-11,13H2,(H,26,28)(H,27,31)(H,32,33)/t20-/m0/s1. The molecule has 5 rings (SSSR count). The molecule has 9 heteroatoms. The van der Waals surface area contributed by atoms with E-state index in [-0.39, 0.29) is 18.2 Å². The summed E-state index contributed by atoms with van der Waals surface area (Å²) in [6.07, 6.45) is 6.93. The predicted molar refractivity (Wildman–Crippen MR) is 125 cm³/mol. The summed E-state index contributed by atoms with van der Waals surface area (Å²) in [4.78, 5) is 35.1. The maximum atomic E-state index is 13.3. The molecule has 0 unspecified atom stereocenters. The van der Waals surface area contributed by atoms with Crippen LogP contribution in [-0.2, 0) is 30.6 Å². The average molecular weight is 462 g/mol. The number of nitrogens with zero attached hydrogens (tertiary/aromatic N) is 4. The molecule has 3 aromatic rings. The Labute approximate surface area is 197 Å². The van der Waals surface area contributed by atoms with Crippen LogP contribution >= 0.6 is 0 Å². The zero-order valence-electron chi connectivity index (χ0n) is 18.8. The Bertz CT molecular complexity index is 1220. The number of aromatic hydroxyl groups is 1. The van der Waals surface area contributed by atoms with E-state index in [0.29, 0.717) is 24.3 Å². The summed E-state index contributed by atoms with van der Waals surface area (Å²) < 4.78 is 1.95. The van der Waals surface area contributed by atoms with Crippen molar-refractivity contribution in [3.8, 4) is 5.88 Å². The molecule has 0 bridgehead atoms. The molecule has 34 heavy (non-hydrogen) atoms. The van der Waals surface area contributed by atoms with Gasteiger partial charge in [-0.05, 0) is 54.5 Å². The van der Waals surface area contributed by atoms with Crippen LogP contribution in [0.1, 0.15) is 51.8 Å². The summed E-state index contributed by atoms with van der Waals surface area (Å²) in [6, 6.07) is 8.50. The van der Waals surface area contributed by atoms with Crippen LogP contribution in [-0.4, -0.2) is 54.6 Å². The van der Waals surface area contributed by atoms with Crippen molar-refractivity contribution in [1.29, 1.82) is 0 Å². The second-order valence-electron chi connectivity index (χ2n) is 8.83. The molecule has 0 saturated carbocycles. The molecule has 0 spiro atoms.